The van der Waals surface area contributed by atoms with Gasteiger partial charge in [0.2, 0.25) is 5.91 Å². The average molecular weight is 484 g/mol. The summed E-state index contributed by atoms with van der Waals surface area (Å²) in [6.45, 7) is 1.47. The number of para-hydroxylation sites is 1. The van der Waals surface area contributed by atoms with E-state index in [9.17, 15) is 22.8 Å². The van der Waals surface area contributed by atoms with Crippen LogP contribution in [0.4, 0.5) is 19.0 Å². The Morgan fingerprint density at radius 1 is 0.886 bits per heavy atom. The first kappa shape index (κ1) is 24.1. The lowest BCUT2D eigenvalue weighted by Crippen LogP contribution is -2.51. The largest absolute Gasteiger partial charge is 0.457 e. The number of pyridine rings is 1. The van der Waals surface area contributed by atoms with Crippen molar-refractivity contribution < 1.29 is 27.5 Å². The minimum atomic E-state index is -4.43. The molecule has 0 saturated carbocycles. The second kappa shape index (κ2) is 10.5. The lowest BCUT2D eigenvalue weighted by molar-refractivity contribution is -0.137. The number of nitrogens with one attached hydrogen (secondary N) is 1. The van der Waals surface area contributed by atoms with E-state index in [-0.39, 0.29) is 18.4 Å². The molecule has 3 aromatic rings. The van der Waals surface area contributed by atoms with Crippen LogP contribution in [0.15, 0.2) is 72.9 Å². The maximum atomic E-state index is 12.7. The van der Waals surface area contributed by atoms with E-state index in [1.54, 1.807) is 29.2 Å². The molecule has 0 bridgehead atoms. The van der Waals surface area contributed by atoms with E-state index in [4.69, 9.17) is 4.74 Å². The smallest absolute Gasteiger partial charge is 0.417 e. The number of benzene rings is 2. The quantitative estimate of drug-likeness (QED) is 0.573. The molecule has 0 aliphatic carbocycles. The summed E-state index contributed by atoms with van der Waals surface area (Å²) in [6.07, 6.45) is -3.62. The summed E-state index contributed by atoms with van der Waals surface area (Å²) in [4.78, 5) is 32.3. The molecular weight excluding hydrogens is 461 g/mol. The van der Waals surface area contributed by atoms with Crippen LogP contribution >= 0.6 is 0 Å². The summed E-state index contributed by atoms with van der Waals surface area (Å²) in [5, 5.41) is 2.62. The molecule has 10 heteroatoms. The van der Waals surface area contributed by atoms with Gasteiger partial charge in [-0.25, -0.2) is 4.98 Å². The molecule has 0 spiro atoms. The van der Waals surface area contributed by atoms with Gasteiger partial charge in [-0.2, -0.15) is 13.2 Å². The van der Waals surface area contributed by atoms with Crippen molar-refractivity contribution in [3.8, 4) is 11.5 Å². The molecule has 35 heavy (non-hydrogen) atoms. The summed E-state index contributed by atoms with van der Waals surface area (Å²) in [7, 11) is 0. The van der Waals surface area contributed by atoms with E-state index in [1.165, 1.54) is 6.07 Å². The van der Waals surface area contributed by atoms with E-state index >= 15 is 0 Å². The van der Waals surface area contributed by atoms with Gasteiger partial charge in [0.1, 0.15) is 17.3 Å². The van der Waals surface area contributed by atoms with Crippen LogP contribution in [0, 0.1) is 0 Å². The number of amides is 2. The molecule has 4 rings (SSSR count). The molecule has 7 nitrogen and oxygen atoms in total. The predicted octanol–water partition coefficient (Wildman–Crippen LogP) is 3.97. The fourth-order valence-corrected chi connectivity index (χ4v) is 3.59. The Balaban J connectivity index is 1.23. The topological polar surface area (TPSA) is 74.8 Å². The first-order chi connectivity index (χ1) is 16.8. The number of rotatable bonds is 6. The van der Waals surface area contributed by atoms with Crippen LogP contribution in [0.1, 0.15) is 15.9 Å². The average Bonchev–Trinajstić information content (AvgIpc) is 2.88. The Kier molecular flexibility index (Phi) is 7.19. The Morgan fingerprint density at radius 3 is 2.14 bits per heavy atom. The van der Waals surface area contributed by atoms with Gasteiger partial charge < -0.3 is 19.9 Å². The van der Waals surface area contributed by atoms with E-state index in [2.05, 4.69) is 10.3 Å². The summed E-state index contributed by atoms with van der Waals surface area (Å²) < 4.78 is 43.8. The van der Waals surface area contributed by atoms with Gasteiger partial charge in [0.05, 0.1) is 12.1 Å². The lowest BCUT2D eigenvalue weighted by Gasteiger charge is -2.35. The summed E-state index contributed by atoms with van der Waals surface area (Å²) in [5.74, 6) is 1.09. The van der Waals surface area contributed by atoms with Crippen molar-refractivity contribution in [2.24, 2.45) is 0 Å². The molecule has 0 unspecified atom stereocenters. The van der Waals surface area contributed by atoms with Crippen LogP contribution in [-0.2, 0) is 11.0 Å². The molecule has 0 atom stereocenters. The Morgan fingerprint density at radius 2 is 1.54 bits per heavy atom. The highest BCUT2D eigenvalue weighted by Crippen LogP contribution is 2.29. The van der Waals surface area contributed by atoms with Gasteiger partial charge in [-0.3, -0.25) is 9.59 Å². The Bertz CT molecular complexity index is 1150. The molecule has 0 radical (unpaired) electrons. The molecular formula is C25H23F3N4O3. The van der Waals surface area contributed by atoms with Gasteiger partial charge in [0.25, 0.3) is 5.91 Å². The standard InChI is InChI=1S/C25H23F3N4O3/c26-25(27,28)19-8-11-22(29-16-19)31-12-14-32(15-13-31)23(33)17-30-24(34)18-6-9-21(10-7-18)35-20-4-2-1-3-5-20/h1-11,16H,12-15,17H2,(H,30,34). The van der Waals surface area contributed by atoms with Gasteiger partial charge in [-0.15, -0.1) is 0 Å². The Hall–Kier alpha value is -4.08. The summed E-state index contributed by atoms with van der Waals surface area (Å²) >= 11 is 0. The summed E-state index contributed by atoms with van der Waals surface area (Å²) in [6, 6.07) is 18.2. The minimum absolute atomic E-state index is 0.153. The first-order valence-electron chi connectivity index (χ1n) is 11.0. The summed E-state index contributed by atoms with van der Waals surface area (Å²) in [5.41, 5.74) is -0.402. The van der Waals surface area contributed by atoms with Crippen molar-refractivity contribution in [2.45, 2.75) is 6.18 Å². The highest BCUT2D eigenvalue weighted by atomic mass is 19.4. The second-order valence-corrected chi connectivity index (χ2v) is 7.89. The maximum absolute atomic E-state index is 12.7. The molecule has 1 aliphatic heterocycles. The monoisotopic (exact) mass is 484 g/mol. The van der Waals surface area contributed by atoms with Crippen LogP contribution in [0.2, 0.25) is 0 Å². The number of carbonyl (C=O) groups is 2. The van der Waals surface area contributed by atoms with Gasteiger partial charge in [-0.1, -0.05) is 18.2 Å². The number of piperazine rings is 1. The third-order valence-corrected chi connectivity index (χ3v) is 5.53. The molecule has 1 saturated heterocycles. The molecule has 1 aromatic heterocycles. The normalized spacial score (nSPS) is 13.9. The molecule has 1 N–H and O–H groups in total. The van der Waals surface area contributed by atoms with E-state index < -0.39 is 11.7 Å². The van der Waals surface area contributed by atoms with E-state index in [0.29, 0.717) is 49.1 Å². The molecule has 182 valence electrons. The maximum Gasteiger partial charge on any atom is 0.417 e. The van der Waals surface area contributed by atoms with Crippen LogP contribution in [0.3, 0.4) is 0 Å². The number of ether oxygens (including phenoxy) is 1. The number of aromatic nitrogens is 1. The van der Waals surface area contributed by atoms with Gasteiger partial charge in [0, 0.05) is 37.9 Å². The van der Waals surface area contributed by atoms with Crippen LogP contribution in [-0.4, -0.2) is 54.4 Å². The van der Waals surface area contributed by atoms with E-state index in [1.807, 2.05) is 35.2 Å². The van der Waals surface area contributed by atoms with Crippen molar-refractivity contribution in [1.29, 1.82) is 0 Å². The Labute approximate surface area is 200 Å². The third kappa shape index (κ3) is 6.28. The lowest BCUT2D eigenvalue weighted by atomic mass is 10.2. The molecule has 1 aliphatic rings. The number of hydrogen-bond acceptors (Lipinski definition) is 5. The highest BCUT2D eigenvalue weighted by Gasteiger charge is 2.31. The SMILES string of the molecule is O=C(NCC(=O)N1CCN(c2ccc(C(F)(F)F)cn2)CC1)c1ccc(Oc2ccccc2)cc1. The first-order valence-corrected chi connectivity index (χ1v) is 11.0. The fourth-order valence-electron chi connectivity index (χ4n) is 3.59. The molecule has 1 fully saturated rings. The van der Waals surface area contributed by atoms with Gasteiger partial charge in [0.15, 0.2) is 0 Å². The van der Waals surface area contributed by atoms with Crippen molar-refractivity contribution >= 4 is 17.6 Å². The number of halogens is 3. The van der Waals surface area contributed by atoms with Crippen LogP contribution < -0.4 is 15.0 Å². The zero-order valence-electron chi connectivity index (χ0n) is 18.7. The second-order valence-electron chi connectivity index (χ2n) is 7.89. The minimum Gasteiger partial charge on any atom is -0.457 e. The van der Waals surface area contributed by atoms with Crippen molar-refractivity contribution in [3.63, 3.8) is 0 Å². The zero-order chi connectivity index (χ0) is 24.8. The number of nitrogens with zero attached hydrogens (tertiary/aromatic N) is 3. The van der Waals surface area contributed by atoms with Crippen molar-refractivity contribution in [3.05, 3.63) is 84.1 Å². The van der Waals surface area contributed by atoms with Gasteiger partial charge >= 0.3 is 6.18 Å². The predicted molar refractivity (Wildman–Crippen MR) is 123 cm³/mol. The number of alkyl halides is 3. The number of carbonyl (C=O) groups excluding carboxylic acids is 2. The van der Waals surface area contributed by atoms with Crippen molar-refractivity contribution in [1.82, 2.24) is 15.2 Å². The number of anilines is 1. The third-order valence-electron chi connectivity index (χ3n) is 5.53. The highest BCUT2D eigenvalue weighted by molar-refractivity contribution is 5.96. The molecule has 2 heterocycles. The van der Waals surface area contributed by atoms with E-state index in [0.717, 1.165) is 12.3 Å². The van der Waals surface area contributed by atoms with Crippen molar-refractivity contribution in [2.75, 3.05) is 37.6 Å². The molecule has 2 amide bonds. The molecule has 2 aromatic carbocycles. The van der Waals surface area contributed by atoms with Crippen LogP contribution in [0.5, 0.6) is 11.5 Å². The zero-order valence-corrected chi connectivity index (χ0v) is 18.7. The van der Waals surface area contributed by atoms with Gasteiger partial charge in [-0.05, 0) is 48.5 Å². The number of hydrogen-bond donors (Lipinski definition) is 1. The van der Waals surface area contributed by atoms with Crippen LogP contribution in [0.25, 0.3) is 0 Å². The fraction of sp³-hybridized carbons (Fsp3) is 0.240.